The zero-order chi connectivity index (χ0) is 20.0. The molecule has 1 amide bonds. The molecule has 1 fully saturated rings. The van der Waals surface area contributed by atoms with E-state index in [0.717, 1.165) is 37.0 Å². The van der Waals surface area contributed by atoms with Crippen LogP contribution in [-0.4, -0.2) is 28.7 Å². The number of benzene rings is 1. The van der Waals surface area contributed by atoms with Gasteiger partial charge in [-0.2, -0.15) is 13.2 Å². The van der Waals surface area contributed by atoms with Crippen molar-refractivity contribution in [3.63, 3.8) is 0 Å². The molecule has 2 aliphatic rings. The zero-order valence-electron chi connectivity index (χ0n) is 15.6. The van der Waals surface area contributed by atoms with Crippen LogP contribution in [0.2, 0.25) is 0 Å². The lowest BCUT2D eigenvalue weighted by atomic mass is 9.83. The number of halogens is 4. The van der Waals surface area contributed by atoms with E-state index in [1.807, 2.05) is 6.08 Å². The van der Waals surface area contributed by atoms with Crippen LogP contribution in [0, 0.1) is 5.82 Å². The van der Waals surface area contributed by atoms with Gasteiger partial charge in [0.05, 0.1) is 11.6 Å². The van der Waals surface area contributed by atoms with Crippen LogP contribution in [0.1, 0.15) is 57.6 Å². The third kappa shape index (κ3) is 4.28. The van der Waals surface area contributed by atoms with Crippen LogP contribution in [0.25, 0.3) is 5.57 Å². The Balaban J connectivity index is 1.88. The maximum Gasteiger partial charge on any atom is 0.419 e. The summed E-state index contributed by atoms with van der Waals surface area (Å²) in [5, 5.41) is 0. The zero-order valence-corrected chi connectivity index (χ0v) is 15.6. The normalized spacial score (nSPS) is 23.1. The minimum atomic E-state index is -4.71. The summed E-state index contributed by atoms with van der Waals surface area (Å²) in [5.74, 6) is -1.28. The molecule has 2 heterocycles. The molecule has 27 heavy (non-hydrogen) atoms. The monoisotopic (exact) mass is 385 g/mol. The van der Waals surface area contributed by atoms with E-state index in [4.69, 9.17) is 4.74 Å². The average Bonchev–Trinajstić information content (AvgIpc) is 2.50. The largest absolute Gasteiger partial charge is 0.444 e. The predicted molar refractivity (Wildman–Crippen MR) is 93.5 cm³/mol. The third-order valence-corrected chi connectivity index (χ3v) is 4.89. The molecular weight excluding hydrogens is 362 g/mol. The molecule has 1 aromatic rings. The van der Waals surface area contributed by atoms with Gasteiger partial charge in [-0.25, -0.2) is 9.18 Å². The van der Waals surface area contributed by atoms with Crippen molar-refractivity contribution in [3.8, 4) is 0 Å². The van der Waals surface area contributed by atoms with E-state index in [-0.39, 0.29) is 18.2 Å². The Kier molecular flexibility index (Phi) is 4.99. The van der Waals surface area contributed by atoms with E-state index < -0.39 is 23.2 Å². The van der Waals surface area contributed by atoms with Crippen molar-refractivity contribution in [2.24, 2.45) is 0 Å². The minimum Gasteiger partial charge on any atom is -0.444 e. The minimum absolute atomic E-state index is 0.0936. The summed E-state index contributed by atoms with van der Waals surface area (Å²) in [6, 6.07) is 2.74. The maximum atomic E-state index is 14.0. The second kappa shape index (κ2) is 6.84. The lowest BCUT2D eigenvalue weighted by Gasteiger charge is -2.45. The van der Waals surface area contributed by atoms with Crippen LogP contribution in [0.3, 0.4) is 0 Å². The van der Waals surface area contributed by atoms with Crippen molar-refractivity contribution in [1.82, 2.24) is 4.90 Å². The molecule has 0 spiro atoms. The number of alkyl halides is 3. The molecule has 0 radical (unpaired) electrons. The van der Waals surface area contributed by atoms with E-state index in [1.54, 1.807) is 25.7 Å². The number of ether oxygens (including phenoxy) is 1. The van der Waals surface area contributed by atoms with Crippen LogP contribution in [0.4, 0.5) is 22.4 Å². The molecule has 0 saturated carbocycles. The molecule has 2 aliphatic heterocycles. The average molecular weight is 385 g/mol. The fourth-order valence-corrected chi connectivity index (χ4v) is 3.79. The lowest BCUT2D eigenvalue weighted by molar-refractivity contribution is -0.140. The first-order valence-electron chi connectivity index (χ1n) is 9.05. The second-order valence-corrected chi connectivity index (χ2v) is 8.13. The SMILES string of the molecule is CC(C)(C)OC(=O)N1C2C=C(c3ccc(C(F)(F)F)c(F)c3)CC1CCC2. The number of hydrogen-bond donors (Lipinski definition) is 0. The Labute approximate surface area is 156 Å². The Hall–Kier alpha value is -2.05. The third-order valence-electron chi connectivity index (χ3n) is 4.89. The highest BCUT2D eigenvalue weighted by Gasteiger charge is 2.40. The first kappa shape index (κ1) is 19.7. The van der Waals surface area contributed by atoms with Gasteiger partial charge in [-0.05, 0) is 69.7 Å². The van der Waals surface area contributed by atoms with Crippen LogP contribution >= 0.6 is 0 Å². The van der Waals surface area contributed by atoms with E-state index in [2.05, 4.69) is 0 Å². The molecule has 0 aliphatic carbocycles. The van der Waals surface area contributed by atoms with Gasteiger partial charge in [0.25, 0.3) is 0 Å². The number of rotatable bonds is 1. The highest BCUT2D eigenvalue weighted by molar-refractivity contribution is 5.75. The number of carbonyl (C=O) groups excluding carboxylic acids is 1. The van der Waals surface area contributed by atoms with Crippen LogP contribution in [0.15, 0.2) is 24.3 Å². The van der Waals surface area contributed by atoms with E-state index in [1.165, 1.54) is 6.07 Å². The molecule has 2 atom stereocenters. The van der Waals surface area contributed by atoms with Crippen molar-refractivity contribution in [2.75, 3.05) is 0 Å². The van der Waals surface area contributed by atoms with E-state index in [9.17, 15) is 22.4 Å². The van der Waals surface area contributed by atoms with Gasteiger partial charge in [-0.15, -0.1) is 0 Å². The molecule has 1 aromatic carbocycles. The molecule has 2 unspecified atom stereocenters. The molecule has 3 nitrogen and oxygen atoms in total. The second-order valence-electron chi connectivity index (χ2n) is 8.13. The summed E-state index contributed by atoms with van der Waals surface area (Å²) >= 11 is 0. The summed E-state index contributed by atoms with van der Waals surface area (Å²) in [7, 11) is 0. The van der Waals surface area contributed by atoms with Crippen LogP contribution < -0.4 is 0 Å². The van der Waals surface area contributed by atoms with Gasteiger partial charge in [0.15, 0.2) is 0 Å². The van der Waals surface area contributed by atoms with Gasteiger partial charge in [0.2, 0.25) is 0 Å². The number of amides is 1. The van der Waals surface area contributed by atoms with Crippen molar-refractivity contribution >= 4 is 11.7 Å². The molecule has 0 N–H and O–H groups in total. The number of carbonyl (C=O) groups is 1. The van der Waals surface area contributed by atoms with Gasteiger partial charge in [0, 0.05) is 6.04 Å². The number of piperidine rings is 1. The summed E-state index contributed by atoms with van der Waals surface area (Å²) < 4.78 is 57.8. The van der Waals surface area contributed by atoms with Crippen molar-refractivity contribution in [2.45, 2.75) is 70.3 Å². The highest BCUT2D eigenvalue weighted by Crippen LogP contribution is 2.39. The first-order chi connectivity index (χ1) is 12.5. The molecule has 0 aromatic heterocycles. The maximum absolute atomic E-state index is 14.0. The molecule has 1 saturated heterocycles. The van der Waals surface area contributed by atoms with Gasteiger partial charge in [0.1, 0.15) is 11.4 Å². The molecule has 148 valence electrons. The Morgan fingerprint density at radius 2 is 1.89 bits per heavy atom. The summed E-state index contributed by atoms with van der Waals surface area (Å²) in [4.78, 5) is 14.3. The fraction of sp³-hybridized carbons (Fsp3) is 0.550. The van der Waals surface area contributed by atoms with Gasteiger partial charge >= 0.3 is 12.3 Å². The van der Waals surface area contributed by atoms with E-state index >= 15 is 0 Å². The molecule has 2 bridgehead atoms. The van der Waals surface area contributed by atoms with Gasteiger partial charge < -0.3 is 4.74 Å². The first-order valence-corrected chi connectivity index (χ1v) is 9.05. The van der Waals surface area contributed by atoms with E-state index in [0.29, 0.717) is 12.0 Å². The number of nitrogens with zero attached hydrogens (tertiary/aromatic N) is 1. The molecule has 7 heteroatoms. The quantitative estimate of drug-likeness (QED) is 0.573. The Morgan fingerprint density at radius 3 is 2.44 bits per heavy atom. The summed E-state index contributed by atoms with van der Waals surface area (Å²) in [5.41, 5.74) is -0.664. The smallest absolute Gasteiger partial charge is 0.419 e. The van der Waals surface area contributed by atoms with Gasteiger partial charge in [-0.1, -0.05) is 12.1 Å². The van der Waals surface area contributed by atoms with Crippen molar-refractivity contribution < 1.29 is 27.1 Å². The highest BCUT2D eigenvalue weighted by atomic mass is 19.4. The van der Waals surface area contributed by atoms with Crippen LogP contribution in [0.5, 0.6) is 0 Å². The Morgan fingerprint density at radius 1 is 1.19 bits per heavy atom. The topological polar surface area (TPSA) is 29.5 Å². The molecular formula is C20H23F4NO2. The van der Waals surface area contributed by atoms with Crippen molar-refractivity contribution in [3.05, 3.63) is 41.2 Å². The number of fused-ring (bicyclic) bond motifs is 2. The number of hydrogen-bond acceptors (Lipinski definition) is 2. The van der Waals surface area contributed by atoms with Crippen LogP contribution in [-0.2, 0) is 10.9 Å². The molecule has 3 rings (SSSR count). The van der Waals surface area contributed by atoms with Gasteiger partial charge in [-0.3, -0.25) is 4.90 Å². The standard InChI is InChI=1S/C20H23F4NO2/c1-19(2,3)27-18(26)25-14-5-4-6-15(25)10-13(9-14)12-7-8-16(17(21)11-12)20(22,23)24/h7-9,11,14-15H,4-6,10H2,1-3H3. The lowest BCUT2D eigenvalue weighted by Crippen LogP contribution is -2.53. The summed E-state index contributed by atoms with van der Waals surface area (Å²) in [6.07, 6.45) is -0.264. The predicted octanol–water partition coefficient (Wildman–Crippen LogP) is 5.79. The Bertz CT molecular complexity index is 764. The fourth-order valence-electron chi connectivity index (χ4n) is 3.79. The van der Waals surface area contributed by atoms with Crippen molar-refractivity contribution in [1.29, 1.82) is 0 Å². The summed E-state index contributed by atoms with van der Waals surface area (Å²) in [6.45, 7) is 5.41.